The monoisotopic (exact) mass is 302 g/mol. The van der Waals surface area contributed by atoms with Gasteiger partial charge in [0, 0.05) is 11.6 Å². The number of anilines is 1. The molecule has 0 amide bonds. The Balaban J connectivity index is 1.84. The van der Waals surface area contributed by atoms with Gasteiger partial charge in [-0.25, -0.2) is 0 Å². The van der Waals surface area contributed by atoms with E-state index < -0.39 is 0 Å². The summed E-state index contributed by atoms with van der Waals surface area (Å²) >= 11 is 5.92. The molecule has 2 aromatic carbocycles. The van der Waals surface area contributed by atoms with Crippen molar-refractivity contribution in [2.75, 3.05) is 25.6 Å². The van der Waals surface area contributed by atoms with Crippen LogP contribution < -0.4 is 14.8 Å². The van der Waals surface area contributed by atoms with E-state index in [0.29, 0.717) is 29.4 Å². The minimum atomic E-state index is 0.476. The average Bonchev–Trinajstić information content (AvgIpc) is 2.52. The van der Waals surface area contributed by atoms with E-state index in [1.54, 1.807) is 25.3 Å². The number of rotatable bonds is 6. The lowest BCUT2D eigenvalue weighted by atomic mass is 10.2. The number of methoxy groups -OCH3 is 1. The lowest BCUT2D eigenvalue weighted by Crippen LogP contribution is -2.12. The molecule has 0 radical (unpaired) electrons. The van der Waals surface area contributed by atoms with E-state index in [4.69, 9.17) is 26.3 Å². The Kier molecular flexibility index (Phi) is 5.30. The number of halogens is 1. The van der Waals surface area contributed by atoms with E-state index in [-0.39, 0.29) is 0 Å². The van der Waals surface area contributed by atoms with Crippen molar-refractivity contribution in [3.63, 3.8) is 0 Å². The van der Waals surface area contributed by atoms with E-state index >= 15 is 0 Å². The van der Waals surface area contributed by atoms with Crippen LogP contribution in [0.4, 0.5) is 5.69 Å². The van der Waals surface area contributed by atoms with Crippen LogP contribution in [0.1, 0.15) is 5.56 Å². The van der Waals surface area contributed by atoms with Crippen molar-refractivity contribution >= 4 is 17.3 Å². The van der Waals surface area contributed by atoms with E-state index in [0.717, 1.165) is 11.5 Å². The maximum atomic E-state index is 9.02. The number of benzene rings is 2. The fourth-order valence-electron chi connectivity index (χ4n) is 1.79. The lowest BCUT2D eigenvalue weighted by Gasteiger charge is -2.10. The van der Waals surface area contributed by atoms with Crippen molar-refractivity contribution in [1.82, 2.24) is 0 Å². The minimum Gasteiger partial charge on any atom is -0.497 e. The van der Waals surface area contributed by atoms with Crippen LogP contribution in [-0.4, -0.2) is 20.3 Å². The van der Waals surface area contributed by atoms with Crippen molar-refractivity contribution in [2.45, 2.75) is 0 Å². The van der Waals surface area contributed by atoms with Gasteiger partial charge in [0.15, 0.2) is 0 Å². The van der Waals surface area contributed by atoms with Gasteiger partial charge in [-0.2, -0.15) is 5.26 Å². The Labute approximate surface area is 128 Å². The summed E-state index contributed by atoms with van der Waals surface area (Å²) in [4.78, 5) is 0. The second-order valence-electron chi connectivity index (χ2n) is 4.25. The first-order chi connectivity index (χ1) is 10.2. The summed E-state index contributed by atoms with van der Waals surface area (Å²) in [6.45, 7) is 1.05. The molecule has 4 nitrogen and oxygen atoms in total. The van der Waals surface area contributed by atoms with Gasteiger partial charge in [0.05, 0.1) is 18.4 Å². The van der Waals surface area contributed by atoms with Crippen LogP contribution in [0, 0.1) is 11.3 Å². The number of hydrogen-bond acceptors (Lipinski definition) is 4. The summed E-state index contributed by atoms with van der Waals surface area (Å²) in [6, 6.07) is 14.6. The zero-order chi connectivity index (χ0) is 15.1. The molecule has 0 heterocycles. The zero-order valence-electron chi connectivity index (χ0n) is 11.6. The van der Waals surface area contributed by atoms with Gasteiger partial charge in [-0.15, -0.1) is 0 Å². The Morgan fingerprint density at radius 2 is 1.86 bits per heavy atom. The summed E-state index contributed by atoms with van der Waals surface area (Å²) in [5, 5.41) is 12.7. The van der Waals surface area contributed by atoms with Gasteiger partial charge in [0.1, 0.15) is 24.2 Å². The lowest BCUT2D eigenvalue weighted by molar-refractivity contribution is 0.332. The maximum Gasteiger partial charge on any atom is 0.119 e. The van der Waals surface area contributed by atoms with Gasteiger partial charge in [0.2, 0.25) is 0 Å². The van der Waals surface area contributed by atoms with Gasteiger partial charge in [-0.05, 0) is 42.5 Å². The molecule has 0 saturated carbocycles. The minimum absolute atomic E-state index is 0.476. The maximum absolute atomic E-state index is 9.02. The average molecular weight is 303 g/mol. The molecule has 0 atom stereocenters. The van der Waals surface area contributed by atoms with Crippen LogP contribution in [0.15, 0.2) is 42.5 Å². The molecule has 0 bridgehead atoms. The molecule has 0 unspecified atom stereocenters. The molecule has 0 aromatic heterocycles. The molecule has 0 aliphatic carbocycles. The molecule has 0 saturated heterocycles. The van der Waals surface area contributed by atoms with Crippen molar-refractivity contribution in [1.29, 1.82) is 5.26 Å². The predicted molar refractivity (Wildman–Crippen MR) is 83.1 cm³/mol. The highest BCUT2D eigenvalue weighted by Crippen LogP contribution is 2.20. The molecule has 0 aliphatic heterocycles. The summed E-state index contributed by atoms with van der Waals surface area (Å²) in [7, 11) is 1.62. The van der Waals surface area contributed by atoms with Crippen LogP contribution in [0.3, 0.4) is 0 Å². The topological polar surface area (TPSA) is 54.3 Å². The summed E-state index contributed by atoms with van der Waals surface area (Å²) in [6.07, 6.45) is 0. The van der Waals surface area contributed by atoms with Crippen LogP contribution >= 0.6 is 11.6 Å². The number of hydrogen-bond donors (Lipinski definition) is 1. The third-order valence-electron chi connectivity index (χ3n) is 2.85. The van der Waals surface area contributed by atoms with Gasteiger partial charge < -0.3 is 14.8 Å². The molecule has 2 aromatic rings. The van der Waals surface area contributed by atoms with E-state index in [1.165, 1.54) is 0 Å². The predicted octanol–water partition coefficient (Wildman–Crippen LogP) is 3.71. The summed E-state index contributed by atoms with van der Waals surface area (Å²) in [5.41, 5.74) is 1.27. The highest BCUT2D eigenvalue weighted by Gasteiger charge is 2.02. The van der Waals surface area contributed by atoms with Gasteiger partial charge in [0.25, 0.3) is 0 Å². The summed E-state index contributed by atoms with van der Waals surface area (Å²) < 4.78 is 10.7. The van der Waals surface area contributed by atoms with Gasteiger partial charge >= 0.3 is 0 Å². The van der Waals surface area contributed by atoms with Crippen LogP contribution in [0.5, 0.6) is 11.5 Å². The highest BCUT2D eigenvalue weighted by molar-refractivity contribution is 6.30. The molecule has 0 fully saturated rings. The van der Waals surface area contributed by atoms with Crippen LogP contribution in [-0.2, 0) is 0 Å². The van der Waals surface area contributed by atoms with Gasteiger partial charge in [-0.3, -0.25) is 0 Å². The van der Waals surface area contributed by atoms with E-state index in [1.807, 2.05) is 24.3 Å². The van der Waals surface area contributed by atoms with Crippen molar-refractivity contribution in [3.05, 3.63) is 53.1 Å². The first kappa shape index (κ1) is 15.0. The molecular weight excluding hydrogens is 288 g/mol. The largest absolute Gasteiger partial charge is 0.497 e. The van der Waals surface area contributed by atoms with Crippen molar-refractivity contribution in [2.24, 2.45) is 0 Å². The number of nitrogens with zero attached hydrogens (tertiary/aromatic N) is 1. The molecule has 1 N–H and O–H groups in total. The quantitative estimate of drug-likeness (QED) is 0.826. The smallest absolute Gasteiger partial charge is 0.119 e. The fraction of sp³-hybridized carbons (Fsp3) is 0.188. The highest BCUT2D eigenvalue weighted by atomic mass is 35.5. The standard InChI is InChI=1S/C16H15ClN2O2/c1-20-14-4-6-15(7-5-14)21-9-8-19-16-10-13(17)3-2-12(16)11-18/h2-7,10,19H,8-9H2,1H3. The molecular formula is C16H15ClN2O2. The molecule has 2 rings (SSSR count). The summed E-state index contributed by atoms with van der Waals surface area (Å²) in [5.74, 6) is 1.56. The molecule has 5 heteroatoms. The number of nitrogens with one attached hydrogen (secondary N) is 1. The third-order valence-corrected chi connectivity index (χ3v) is 3.08. The Morgan fingerprint density at radius 1 is 1.14 bits per heavy atom. The second kappa shape index (κ2) is 7.41. The third kappa shape index (κ3) is 4.30. The Morgan fingerprint density at radius 3 is 2.52 bits per heavy atom. The first-order valence-electron chi connectivity index (χ1n) is 6.43. The van der Waals surface area contributed by atoms with Crippen LogP contribution in [0.2, 0.25) is 5.02 Å². The van der Waals surface area contributed by atoms with Gasteiger partial charge in [-0.1, -0.05) is 11.6 Å². The van der Waals surface area contributed by atoms with Crippen molar-refractivity contribution in [3.8, 4) is 17.6 Å². The van der Waals surface area contributed by atoms with E-state index in [9.17, 15) is 0 Å². The molecule has 108 valence electrons. The Hall–Kier alpha value is -2.38. The normalized spacial score (nSPS) is 9.76. The molecule has 0 spiro atoms. The van der Waals surface area contributed by atoms with Crippen molar-refractivity contribution < 1.29 is 9.47 Å². The second-order valence-corrected chi connectivity index (χ2v) is 4.69. The number of nitriles is 1. The molecule has 21 heavy (non-hydrogen) atoms. The molecule has 0 aliphatic rings. The van der Waals surface area contributed by atoms with E-state index in [2.05, 4.69) is 11.4 Å². The fourth-order valence-corrected chi connectivity index (χ4v) is 1.96. The zero-order valence-corrected chi connectivity index (χ0v) is 12.4. The van der Waals surface area contributed by atoms with Crippen LogP contribution in [0.25, 0.3) is 0 Å². The Bertz CT molecular complexity index is 636. The first-order valence-corrected chi connectivity index (χ1v) is 6.81. The SMILES string of the molecule is COc1ccc(OCCNc2cc(Cl)ccc2C#N)cc1. The number of ether oxygens (including phenoxy) is 2.